The second-order valence-corrected chi connectivity index (χ2v) is 7.49. The number of fused-ring (bicyclic) bond motifs is 1. The lowest BCUT2D eigenvalue weighted by atomic mass is 10.2. The molecule has 0 fully saturated rings. The number of hydrogen-bond acceptors (Lipinski definition) is 5. The minimum Gasteiger partial charge on any atom is -0.370 e. The topological polar surface area (TPSA) is 66.9 Å². The molecule has 3 rings (SSSR count). The molecule has 0 aliphatic heterocycles. The van der Waals surface area contributed by atoms with E-state index in [9.17, 15) is 9.18 Å². The van der Waals surface area contributed by atoms with Crippen molar-refractivity contribution in [2.24, 2.45) is 0 Å². The predicted molar refractivity (Wildman–Crippen MR) is 109 cm³/mol. The highest BCUT2D eigenvalue weighted by molar-refractivity contribution is 8.00. The van der Waals surface area contributed by atoms with Crippen molar-refractivity contribution in [1.29, 1.82) is 0 Å². The first-order valence-electron chi connectivity index (χ1n) is 8.41. The Kier molecular flexibility index (Phi) is 6.13. The molecule has 1 atom stereocenters. The summed E-state index contributed by atoms with van der Waals surface area (Å²) >= 11 is 7.21. The molecule has 0 aliphatic rings. The first kappa shape index (κ1) is 19.4. The maximum absolute atomic E-state index is 13.1. The monoisotopic (exact) mass is 404 g/mol. The average Bonchev–Trinajstić information content (AvgIpc) is 2.64. The Hall–Kier alpha value is -2.38. The number of thioether (sulfide) groups is 1. The molecule has 0 aliphatic carbocycles. The van der Waals surface area contributed by atoms with Crippen LogP contribution in [0.1, 0.15) is 13.8 Å². The third-order valence-corrected chi connectivity index (χ3v) is 5.04. The standard InChI is InChI=1S/C19H18ClFN4OS/c1-3-22-17-13-6-4-5-7-15(13)24-19(25-17)27-11(2)18(26)23-16-9-8-12(21)10-14(16)20/h4-11H,3H2,1-2H3,(H,23,26)(H,22,24,25). The van der Waals surface area contributed by atoms with Crippen molar-refractivity contribution in [3.8, 4) is 0 Å². The summed E-state index contributed by atoms with van der Waals surface area (Å²) in [6, 6.07) is 11.5. The maximum atomic E-state index is 13.1. The van der Waals surface area contributed by atoms with Crippen molar-refractivity contribution in [3.05, 3.63) is 53.3 Å². The Morgan fingerprint density at radius 2 is 2.04 bits per heavy atom. The van der Waals surface area contributed by atoms with Gasteiger partial charge in [0.05, 0.1) is 21.5 Å². The van der Waals surface area contributed by atoms with Crippen molar-refractivity contribution < 1.29 is 9.18 Å². The fraction of sp³-hybridized carbons (Fsp3) is 0.211. The molecular weight excluding hydrogens is 387 g/mol. The van der Waals surface area contributed by atoms with Crippen LogP contribution in [0.15, 0.2) is 47.6 Å². The van der Waals surface area contributed by atoms with Gasteiger partial charge >= 0.3 is 0 Å². The number of rotatable bonds is 6. The smallest absolute Gasteiger partial charge is 0.237 e. The first-order chi connectivity index (χ1) is 13.0. The minimum atomic E-state index is -0.471. The Morgan fingerprint density at radius 1 is 1.26 bits per heavy atom. The van der Waals surface area contributed by atoms with Gasteiger partial charge < -0.3 is 10.6 Å². The molecule has 3 aromatic rings. The van der Waals surface area contributed by atoms with E-state index < -0.39 is 11.1 Å². The van der Waals surface area contributed by atoms with Gasteiger partial charge in [0, 0.05) is 11.9 Å². The fourth-order valence-corrected chi connectivity index (χ4v) is 3.44. The summed E-state index contributed by atoms with van der Waals surface area (Å²) in [6.45, 7) is 4.47. The molecule has 1 aromatic heterocycles. The fourth-order valence-electron chi connectivity index (χ4n) is 2.45. The summed E-state index contributed by atoms with van der Waals surface area (Å²) in [5, 5.41) is 7.04. The Bertz CT molecular complexity index is 985. The molecule has 0 saturated carbocycles. The van der Waals surface area contributed by atoms with E-state index in [0.717, 1.165) is 29.3 Å². The molecule has 8 heteroatoms. The van der Waals surface area contributed by atoms with Crippen molar-refractivity contribution in [3.63, 3.8) is 0 Å². The largest absolute Gasteiger partial charge is 0.370 e. The molecule has 2 aromatic carbocycles. The van der Waals surface area contributed by atoms with E-state index in [0.29, 0.717) is 10.8 Å². The van der Waals surface area contributed by atoms with Crippen LogP contribution in [0, 0.1) is 5.82 Å². The number of nitrogens with one attached hydrogen (secondary N) is 2. The van der Waals surface area contributed by atoms with Gasteiger partial charge in [0.15, 0.2) is 5.16 Å². The van der Waals surface area contributed by atoms with E-state index in [4.69, 9.17) is 11.6 Å². The van der Waals surface area contributed by atoms with Gasteiger partial charge in [-0.3, -0.25) is 4.79 Å². The first-order valence-corrected chi connectivity index (χ1v) is 9.67. The Labute approximate surface area is 165 Å². The molecule has 0 bridgehead atoms. The number of halogens is 2. The van der Waals surface area contributed by atoms with E-state index in [-0.39, 0.29) is 10.9 Å². The van der Waals surface area contributed by atoms with E-state index >= 15 is 0 Å². The van der Waals surface area contributed by atoms with Crippen LogP contribution >= 0.6 is 23.4 Å². The molecule has 0 spiro atoms. The van der Waals surface area contributed by atoms with Gasteiger partial charge in [0.1, 0.15) is 11.6 Å². The molecule has 5 nitrogen and oxygen atoms in total. The van der Waals surface area contributed by atoms with Crippen LogP contribution < -0.4 is 10.6 Å². The SMILES string of the molecule is CCNc1nc(SC(C)C(=O)Nc2ccc(F)cc2Cl)nc2ccccc12. The van der Waals surface area contributed by atoms with Crippen molar-refractivity contribution in [2.45, 2.75) is 24.3 Å². The van der Waals surface area contributed by atoms with E-state index in [1.54, 1.807) is 6.92 Å². The van der Waals surface area contributed by atoms with Gasteiger partial charge in [-0.25, -0.2) is 14.4 Å². The van der Waals surface area contributed by atoms with Gasteiger partial charge in [0.2, 0.25) is 5.91 Å². The quantitative estimate of drug-likeness (QED) is 0.448. The van der Waals surface area contributed by atoms with Crippen LogP contribution in [0.5, 0.6) is 0 Å². The number of amides is 1. The van der Waals surface area contributed by atoms with Gasteiger partial charge in [-0.05, 0) is 44.2 Å². The minimum absolute atomic E-state index is 0.150. The molecule has 2 N–H and O–H groups in total. The number of carbonyl (C=O) groups is 1. The molecule has 1 heterocycles. The highest BCUT2D eigenvalue weighted by atomic mass is 35.5. The molecule has 140 valence electrons. The lowest BCUT2D eigenvalue weighted by Crippen LogP contribution is -2.23. The zero-order chi connectivity index (χ0) is 19.4. The van der Waals surface area contributed by atoms with Gasteiger partial charge in [-0.1, -0.05) is 35.5 Å². The van der Waals surface area contributed by atoms with Gasteiger partial charge in [0.25, 0.3) is 0 Å². The van der Waals surface area contributed by atoms with Gasteiger partial charge in [-0.15, -0.1) is 0 Å². The van der Waals surface area contributed by atoms with Crippen LogP contribution in [0.2, 0.25) is 5.02 Å². The number of carbonyl (C=O) groups excluding carboxylic acids is 1. The number of aromatic nitrogens is 2. The molecule has 27 heavy (non-hydrogen) atoms. The zero-order valence-corrected chi connectivity index (χ0v) is 16.4. The average molecular weight is 405 g/mol. The molecule has 0 saturated heterocycles. The highest BCUT2D eigenvalue weighted by Crippen LogP contribution is 2.28. The molecular formula is C19H18ClFN4OS. The van der Waals surface area contributed by atoms with Crippen molar-refractivity contribution >= 4 is 51.7 Å². The summed E-state index contributed by atoms with van der Waals surface area (Å²) in [5.41, 5.74) is 1.17. The molecule has 0 radical (unpaired) electrons. The van der Waals surface area contributed by atoms with Crippen LogP contribution in [-0.2, 0) is 4.79 Å². The van der Waals surface area contributed by atoms with Crippen LogP contribution in [0.25, 0.3) is 10.9 Å². The number of hydrogen-bond donors (Lipinski definition) is 2. The number of benzene rings is 2. The van der Waals surface area contributed by atoms with E-state index in [2.05, 4.69) is 20.6 Å². The van der Waals surface area contributed by atoms with Crippen molar-refractivity contribution in [1.82, 2.24) is 9.97 Å². The molecule has 1 amide bonds. The van der Waals surface area contributed by atoms with Crippen LogP contribution in [-0.4, -0.2) is 27.7 Å². The van der Waals surface area contributed by atoms with E-state index in [1.807, 2.05) is 31.2 Å². The third-order valence-electron chi connectivity index (χ3n) is 3.77. The number of nitrogens with zero attached hydrogens (tertiary/aromatic N) is 2. The van der Waals surface area contributed by atoms with Crippen LogP contribution in [0.3, 0.4) is 0 Å². The number of anilines is 2. The Balaban J connectivity index is 1.78. The normalized spacial score (nSPS) is 12.0. The second-order valence-electron chi connectivity index (χ2n) is 5.78. The summed E-state index contributed by atoms with van der Waals surface area (Å²) < 4.78 is 13.1. The predicted octanol–water partition coefficient (Wildman–Crippen LogP) is 4.97. The highest BCUT2D eigenvalue weighted by Gasteiger charge is 2.18. The maximum Gasteiger partial charge on any atom is 0.237 e. The summed E-state index contributed by atoms with van der Waals surface area (Å²) in [7, 11) is 0. The molecule has 1 unspecified atom stereocenters. The third kappa shape index (κ3) is 4.67. The van der Waals surface area contributed by atoms with Crippen molar-refractivity contribution in [2.75, 3.05) is 17.2 Å². The zero-order valence-electron chi connectivity index (χ0n) is 14.8. The Morgan fingerprint density at radius 3 is 2.78 bits per heavy atom. The lowest BCUT2D eigenvalue weighted by Gasteiger charge is -2.14. The van der Waals surface area contributed by atoms with Crippen LogP contribution in [0.4, 0.5) is 15.9 Å². The summed E-state index contributed by atoms with van der Waals surface area (Å²) in [4.78, 5) is 21.5. The summed E-state index contributed by atoms with van der Waals surface area (Å²) in [6.07, 6.45) is 0. The number of para-hydroxylation sites is 1. The van der Waals surface area contributed by atoms with Gasteiger partial charge in [-0.2, -0.15) is 0 Å². The van der Waals surface area contributed by atoms with E-state index in [1.165, 1.54) is 23.9 Å². The second kappa shape index (κ2) is 8.54. The lowest BCUT2D eigenvalue weighted by molar-refractivity contribution is -0.115. The summed E-state index contributed by atoms with van der Waals surface area (Å²) in [5.74, 6) is 0.0102.